The molecular weight excluding hydrogens is 360 g/mol. The summed E-state index contributed by atoms with van der Waals surface area (Å²) in [6.45, 7) is 1.29. The summed E-state index contributed by atoms with van der Waals surface area (Å²) < 4.78 is 15.7. The first-order valence-electron chi connectivity index (χ1n) is 9.43. The Morgan fingerprint density at radius 1 is 1.14 bits per heavy atom. The number of furan rings is 1. The number of nitrogens with one attached hydrogen (secondary N) is 1. The molecule has 3 rings (SSSR count). The lowest BCUT2D eigenvalue weighted by Gasteiger charge is -2.32. The standard InChI is InChI=1S/C21H26N2O5/c1-26-17-7-5-15(14-19(17)27-2)6-8-20(24)23-11-9-16(10-12-23)22-21(25)18-4-3-13-28-18/h3-5,7,13-14,16H,6,8-12H2,1-2H3,(H,22,25). The number of carbonyl (C=O) groups excluding carboxylic acids is 2. The number of methoxy groups -OCH3 is 2. The van der Waals surface area contributed by atoms with E-state index in [9.17, 15) is 9.59 Å². The van der Waals surface area contributed by atoms with Crippen molar-refractivity contribution in [2.75, 3.05) is 27.3 Å². The molecule has 1 aliphatic rings. The number of piperidine rings is 1. The van der Waals surface area contributed by atoms with Crippen LogP contribution in [0.5, 0.6) is 11.5 Å². The average molecular weight is 386 g/mol. The van der Waals surface area contributed by atoms with E-state index in [2.05, 4.69) is 5.32 Å². The third-order valence-corrected chi connectivity index (χ3v) is 5.00. The van der Waals surface area contributed by atoms with E-state index in [1.807, 2.05) is 23.1 Å². The summed E-state index contributed by atoms with van der Waals surface area (Å²) in [6, 6.07) is 9.10. The molecule has 2 aromatic rings. The highest BCUT2D eigenvalue weighted by atomic mass is 16.5. The number of hydrogen-bond donors (Lipinski definition) is 1. The minimum absolute atomic E-state index is 0.0625. The summed E-state index contributed by atoms with van der Waals surface area (Å²) in [6.07, 6.45) is 4.06. The van der Waals surface area contributed by atoms with Gasteiger partial charge in [-0.25, -0.2) is 0 Å². The molecular formula is C21H26N2O5. The van der Waals surface area contributed by atoms with E-state index in [1.165, 1.54) is 6.26 Å². The molecule has 150 valence electrons. The van der Waals surface area contributed by atoms with E-state index in [4.69, 9.17) is 13.9 Å². The van der Waals surface area contributed by atoms with Gasteiger partial charge in [0.25, 0.3) is 5.91 Å². The van der Waals surface area contributed by atoms with Crippen LogP contribution in [0.15, 0.2) is 41.0 Å². The number of amides is 2. The number of nitrogens with zero attached hydrogens (tertiary/aromatic N) is 1. The van der Waals surface area contributed by atoms with Crippen LogP contribution in [-0.2, 0) is 11.2 Å². The Bertz CT molecular complexity index is 795. The normalized spacial score (nSPS) is 14.6. The van der Waals surface area contributed by atoms with Crippen molar-refractivity contribution >= 4 is 11.8 Å². The highest BCUT2D eigenvalue weighted by molar-refractivity contribution is 5.91. The molecule has 1 fully saturated rings. The Morgan fingerprint density at radius 2 is 1.89 bits per heavy atom. The van der Waals surface area contributed by atoms with E-state index in [-0.39, 0.29) is 17.9 Å². The van der Waals surface area contributed by atoms with Gasteiger partial charge in [0, 0.05) is 25.6 Å². The van der Waals surface area contributed by atoms with E-state index >= 15 is 0 Å². The number of hydrogen-bond acceptors (Lipinski definition) is 5. The molecule has 7 nitrogen and oxygen atoms in total. The van der Waals surface area contributed by atoms with Crippen molar-refractivity contribution in [2.45, 2.75) is 31.7 Å². The second kappa shape index (κ2) is 9.30. The Labute approximate surface area is 164 Å². The van der Waals surface area contributed by atoms with Gasteiger partial charge < -0.3 is 24.1 Å². The van der Waals surface area contributed by atoms with Crippen LogP contribution < -0.4 is 14.8 Å². The third kappa shape index (κ3) is 4.85. The van der Waals surface area contributed by atoms with Crippen LogP contribution in [0.2, 0.25) is 0 Å². The maximum absolute atomic E-state index is 12.5. The Morgan fingerprint density at radius 3 is 2.54 bits per heavy atom. The van der Waals surface area contributed by atoms with Gasteiger partial charge in [0.1, 0.15) is 0 Å². The SMILES string of the molecule is COc1ccc(CCC(=O)N2CCC(NC(=O)c3ccco3)CC2)cc1OC. The van der Waals surface area contributed by atoms with Crippen LogP contribution in [0.25, 0.3) is 0 Å². The molecule has 0 spiro atoms. The van der Waals surface area contributed by atoms with Crippen molar-refractivity contribution in [3.63, 3.8) is 0 Å². The lowest BCUT2D eigenvalue weighted by atomic mass is 10.0. The van der Waals surface area contributed by atoms with Gasteiger partial charge in [0.2, 0.25) is 5.91 Å². The zero-order valence-electron chi connectivity index (χ0n) is 16.3. The molecule has 28 heavy (non-hydrogen) atoms. The van der Waals surface area contributed by atoms with Crippen molar-refractivity contribution in [3.05, 3.63) is 47.9 Å². The fourth-order valence-electron chi connectivity index (χ4n) is 3.38. The summed E-state index contributed by atoms with van der Waals surface area (Å²) in [5.74, 6) is 1.58. The maximum atomic E-state index is 12.5. The first-order chi connectivity index (χ1) is 13.6. The number of rotatable bonds is 7. The molecule has 1 aliphatic heterocycles. The summed E-state index contributed by atoms with van der Waals surface area (Å²) in [4.78, 5) is 26.4. The highest BCUT2D eigenvalue weighted by Gasteiger charge is 2.24. The second-order valence-corrected chi connectivity index (χ2v) is 6.80. The Kier molecular flexibility index (Phi) is 6.57. The fourth-order valence-corrected chi connectivity index (χ4v) is 3.38. The lowest BCUT2D eigenvalue weighted by molar-refractivity contribution is -0.132. The molecule has 0 saturated carbocycles. The van der Waals surface area contributed by atoms with E-state index < -0.39 is 0 Å². The molecule has 1 saturated heterocycles. The zero-order chi connectivity index (χ0) is 19.9. The van der Waals surface area contributed by atoms with Gasteiger partial charge in [-0.1, -0.05) is 6.07 Å². The monoisotopic (exact) mass is 386 g/mol. The smallest absolute Gasteiger partial charge is 0.287 e. The third-order valence-electron chi connectivity index (χ3n) is 5.00. The van der Waals surface area contributed by atoms with Crippen LogP contribution in [-0.4, -0.2) is 50.1 Å². The van der Waals surface area contributed by atoms with E-state index in [0.29, 0.717) is 43.2 Å². The average Bonchev–Trinajstić information content (AvgIpc) is 3.27. The summed E-state index contributed by atoms with van der Waals surface area (Å²) in [5, 5.41) is 2.97. The summed E-state index contributed by atoms with van der Waals surface area (Å²) >= 11 is 0. The molecule has 1 aromatic heterocycles. The fraction of sp³-hybridized carbons (Fsp3) is 0.429. The van der Waals surface area contributed by atoms with Crippen molar-refractivity contribution in [1.29, 1.82) is 0 Å². The first-order valence-corrected chi connectivity index (χ1v) is 9.43. The van der Waals surface area contributed by atoms with Gasteiger partial charge in [-0.05, 0) is 49.1 Å². The molecule has 2 heterocycles. The second-order valence-electron chi connectivity index (χ2n) is 6.80. The Hall–Kier alpha value is -2.96. The van der Waals surface area contributed by atoms with Crippen molar-refractivity contribution in [2.24, 2.45) is 0 Å². The van der Waals surface area contributed by atoms with Crippen LogP contribution in [0.3, 0.4) is 0 Å². The summed E-state index contributed by atoms with van der Waals surface area (Å²) in [7, 11) is 3.20. The first kappa shape index (κ1) is 19.8. The minimum atomic E-state index is -0.205. The van der Waals surface area contributed by atoms with Gasteiger partial charge in [-0.3, -0.25) is 9.59 Å². The maximum Gasteiger partial charge on any atom is 0.287 e. The molecule has 0 bridgehead atoms. The number of benzene rings is 1. The summed E-state index contributed by atoms with van der Waals surface area (Å²) in [5.41, 5.74) is 1.03. The molecule has 1 N–H and O–H groups in total. The molecule has 0 atom stereocenters. The van der Waals surface area contributed by atoms with Crippen LogP contribution in [0, 0.1) is 0 Å². The Balaban J connectivity index is 1.44. The highest BCUT2D eigenvalue weighted by Crippen LogP contribution is 2.28. The lowest BCUT2D eigenvalue weighted by Crippen LogP contribution is -2.46. The number of likely N-dealkylation sites (tertiary alicyclic amines) is 1. The molecule has 0 unspecified atom stereocenters. The van der Waals surface area contributed by atoms with Crippen LogP contribution >= 0.6 is 0 Å². The topological polar surface area (TPSA) is 81.0 Å². The van der Waals surface area contributed by atoms with E-state index in [1.54, 1.807) is 26.4 Å². The van der Waals surface area contributed by atoms with Crippen molar-refractivity contribution in [3.8, 4) is 11.5 Å². The zero-order valence-corrected chi connectivity index (χ0v) is 16.3. The van der Waals surface area contributed by atoms with Crippen molar-refractivity contribution < 1.29 is 23.5 Å². The largest absolute Gasteiger partial charge is 0.493 e. The molecule has 0 radical (unpaired) electrons. The van der Waals surface area contributed by atoms with Gasteiger partial charge in [0.15, 0.2) is 17.3 Å². The van der Waals surface area contributed by atoms with Gasteiger partial charge in [-0.2, -0.15) is 0 Å². The molecule has 7 heteroatoms. The number of aryl methyl sites for hydroxylation is 1. The van der Waals surface area contributed by atoms with Gasteiger partial charge in [-0.15, -0.1) is 0 Å². The van der Waals surface area contributed by atoms with Gasteiger partial charge in [0.05, 0.1) is 20.5 Å². The molecule has 0 aliphatic carbocycles. The number of ether oxygens (including phenoxy) is 2. The predicted octanol–water partition coefficient (Wildman–Crippen LogP) is 2.65. The van der Waals surface area contributed by atoms with Crippen molar-refractivity contribution in [1.82, 2.24) is 10.2 Å². The number of carbonyl (C=O) groups is 2. The van der Waals surface area contributed by atoms with Crippen LogP contribution in [0.1, 0.15) is 35.4 Å². The predicted molar refractivity (Wildman–Crippen MR) is 104 cm³/mol. The quantitative estimate of drug-likeness (QED) is 0.791. The minimum Gasteiger partial charge on any atom is -0.493 e. The molecule has 1 aromatic carbocycles. The van der Waals surface area contributed by atoms with Crippen LogP contribution in [0.4, 0.5) is 0 Å². The molecule has 2 amide bonds. The van der Waals surface area contributed by atoms with E-state index in [0.717, 1.165) is 18.4 Å². The van der Waals surface area contributed by atoms with Gasteiger partial charge >= 0.3 is 0 Å².